The zero-order valence-electron chi connectivity index (χ0n) is 17.6. The van der Waals surface area contributed by atoms with Crippen LogP contribution < -0.4 is 4.74 Å². The maximum absolute atomic E-state index is 14.4. The molecule has 7 heteroatoms. The topological polar surface area (TPSA) is 35.5 Å². The van der Waals surface area contributed by atoms with Crippen molar-refractivity contribution in [2.45, 2.75) is 37.3 Å². The van der Waals surface area contributed by atoms with Crippen molar-refractivity contribution in [1.29, 1.82) is 0 Å². The fourth-order valence-corrected chi connectivity index (χ4v) is 4.78. The van der Waals surface area contributed by atoms with Crippen LogP contribution in [0.2, 0.25) is 0 Å². The highest BCUT2D eigenvalue weighted by molar-refractivity contribution is 8.02. The van der Waals surface area contributed by atoms with E-state index >= 15 is 0 Å². The van der Waals surface area contributed by atoms with Crippen molar-refractivity contribution in [1.82, 2.24) is 0 Å². The molecular weight excluding hydrogens is 442 g/mol. The molecule has 1 fully saturated rings. The molecule has 0 N–H and O–H groups in total. The number of esters is 1. The van der Waals surface area contributed by atoms with E-state index in [9.17, 15) is 13.6 Å². The van der Waals surface area contributed by atoms with E-state index in [2.05, 4.69) is 6.58 Å². The molecule has 0 aromatic heterocycles. The summed E-state index contributed by atoms with van der Waals surface area (Å²) in [6.07, 6.45) is 0. The molecule has 3 nitrogen and oxygen atoms in total. The van der Waals surface area contributed by atoms with Gasteiger partial charge in [-0.25, -0.2) is 0 Å². The highest BCUT2D eigenvalue weighted by Gasteiger charge is 2.67. The molecule has 0 spiro atoms. The summed E-state index contributed by atoms with van der Waals surface area (Å²) >= 11 is 6.05. The smallest absolute Gasteiger partial charge is 0.316 e. The third-order valence-electron chi connectivity index (χ3n) is 5.40. The fourth-order valence-electron chi connectivity index (χ4n) is 3.76. The van der Waals surface area contributed by atoms with E-state index in [1.54, 1.807) is 32.0 Å². The van der Waals surface area contributed by atoms with Gasteiger partial charge in [0.2, 0.25) is 0 Å². The van der Waals surface area contributed by atoms with Crippen LogP contribution in [0.15, 0.2) is 66.7 Å². The van der Waals surface area contributed by atoms with Crippen molar-refractivity contribution < 1.29 is 23.0 Å². The summed E-state index contributed by atoms with van der Waals surface area (Å²) in [4.78, 5) is 12.7. The van der Waals surface area contributed by atoms with Gasteiger partial charge in [0.25, 0.3) is 0 Å². The first-order chi connectivity index (χ1) is 14.5. The molecule has 3 atom stereocenters. The van der Waals surface area contributed by atoms with E-state index in [0.29, 0.717) is 23.3 Å². The second-order valence-electron chi connectivity index (χ2n) is 8.15. The van der Waals surface area contributed by atoms with Crippen LogP contribution in [0.5, 0.6) is 11.5 Å². The molecule has 2 aromatic carbocycles. The van der Waals surface area contributed by atoms with Crippen LogP contribution in [0.25, 0.3) is 0 Å². The fraction of sp³-hybridized carbons (Fsp3) is 0.375. The summed E-state index contributed by atoms with van der Waals surface area (Å²) in [5.74, 6) is -0.524. The summed E-state index contributed by atoms with van der Waals surface area (Å²) in [5, 5.41) is -3.21. The van der Waals surface area contributed by atoms with Crippen molar-refractivity contribution in [2.75, 3.05) is 0 Å². The Labute approximate surface area is 190 Å². The average molecular weight is 467 g/mol. The Morgan fingerprint density at radius 1 is 1.16 bits per heavy atom. The first-order valence-electron chi connectivity index (χ1n) is 9.90. The van der Waals surface area contributed by atoms with Gasteiger partial charge in [-0.2, -0.15) is 8.78 Å². The van der Waals surface area contributed by atoms with E-state index in [-0.39, 0.29) is 12.2 Å². The number of carbonyl (C=O) groups excluding carboxylic acids is 1. The van der Waals surface area contributed by atoms with Gasteiger partial charge >= 0.3 is 11.2 Å². The number of hydrogen-bond donors (Lipinski definition) is 0. The van der Waals surface area contributed by atoms with Crippen LogP contribution in [0.1, 0.15) is 26.3 Å². The number of benzene rings is 2. The number of halogens is 3. The monoisotopic (exact) mass is 466 g/mol. The van der Waals surface area contributed by atoms with Gasteiger partial charge in [-0.1, -0.05) is 62.5 Å². The predicted molar refractivity (Wildman–Crippen MR) is 121 cm³/mol. The SMILES string of the molecule is C=C(C1C(C(=O)OCc2cccc(Oc3ccccc3)c2)C1(C)C)C(F)(F)SC(C)Cl. The summed E-state index contributed by atoms with van der Waals surface area (Å²) in [6.45, 7) is 8.64. The first kappa shape index (κ1) is 23.6. The second kappa shape index (κ2) is 9.21. The molecular formula is C24H25ClF2O3S. The van der Waals surface area contributed by atoms with Crippen molar-refractivity contribution in [2.24, 2.45) is 17.3 Å². The Morgan fingerprint density at radius 3 is 2.45 bits per heavy atom. The number of rotatable bonds is 9. The van der Waals surface area contributed by atoms with Gasteiger partial charge in [-0.3, -0.25) is 4.79 Å². The Morgan fingerprint density at radius 2 is 1.81 bits per heavy atom. The molecule has 0 radical (unpaired) electrons. The minimum Gasteiger partial charge on any atom is -0.461 e. The highest BCUT2D eigenvalue weighted by Crippen LogP contribution is 2.65. The van der Waals surface area contributed by atoms with Gasteiger partial charge in [0.1, 0.15) is 18.1 Å². The van der Waals surface area contributed by atoms with Crippen molar-refractivity contribution in [3.63, 3.8) is 0 Å². The Bertz CT molecular complexity index is 947. The number of carbonyl (C=O) groups is 1. The van der Waals surface area contributed by atoms with E-state index < -0.39 is 33.2 Å². The van der Waals surface area contributed by atoms with Gasteiger partial charge < -0.3 is 9.47 Å². The maximum atomic E-state index is 14.4. The lowest BCUT2D eigenvalue weighted by atomic mass is 10.0. The van der Waals surface area contributed by atoms with Crippen molar-refractivity contribution in [3.8, 4) is 11.5 Å². The lowest BCUT2D eigenvalue weighted by molar-refractivity contribution is -0.147. The summed E-state index contributed by atoms with van der Waals surface area (Å²) in [6, 6.07) is 16.5. The van der Waals surface area contributed by atoms with Crippen LogP contribution in [0.4, 0.5) is 8.78 Å². The normalized spacial score (nSPS) is 20.6. The molecule has 31 heavy (non-hydrogen) atoms. The molecule has 1 saturated carbocycles. The number of ether oxygens (including phenoxy) is 2. The van der Waals surface area contributed by atoms with Crippen molar-refractivity contribution >= 4 is 29.3 Å². The van der Waals surface area contributed by atoms with Crippen LogP contribution >= 0.6 is 23.4 Å². The Kier molecular flexibility index (Phi) is 7.01. The number of para-hydroxylation sites is 1. The van der Waals surface area contributed by atoms with Gasteiger partial charge in [0, 0.05) is 11.5 Å². The van der Waals surface area contributed by atoms with Crippen LogP contribution in [0.3, 0.4) is 0 Å². The third kappa shape index (κ3) is 5.60. The zero-order chi connectivity index (χ0) is 22.8. The van der Waals surface area contributed by atoms with Crippen molar-refractivity contribution in [3.05, 3.63) is 72.3 Å². The minimum absolute atomic E-state index is 0.0282. The minimum atomic E-state index is -3.21. The zero-order valence-corrected chi connectivity index (χ0v) is 19.2. The number of alkyl halides is 3. The standard InChI is InChI=1S/C24H25ClF2O3S/c1-15(24(26,27)31-16(2)25)20-21(23(20,3)4)22(28)29-14-17-9-8-12-19(13-17)30-18-10-6-5-7-11-18/h5-13,16,20-21H,1,14H2,2-4H3. The van der Waals surface area contributed by atoms with E-state index in [4.69, 9.17) is 21.1 Å². The van der Waals surface area contributed by atoms with Gasteiger partial charge in [0.05, 0.1) is 10.6 Å². The number of hydrogen-bond acceptors (Lipinski definition) is 4. The van der Waals surface area contributed by atoms with Crippen LogP contribution in [0, 0.1) is 17.3 Å². The molecule has 1 aliphatic rings. The maximum Gasteiger partial charge on any atom is 0.316 e. The van der Waals surface area contributed by atoms with E-state index in [1.165, 1.54) is 6.92 Å². The average Bonchev–Trinajstić information content (AvgIpc) is 3.27. The molecule has 0 aliphatic heterocycles. The van der Waals surface area contributed by atoms with Crippen LogP contribution in [-0.4, -0.2) is 15.9 Å². The molecule has 166 valence electrons. The largest absolute Gasteiger partial charge is 0.461 e. The quantitative estimate of drug-likeness (QED) is 0.221. The highest BCUT2D eigenvalue weighted by atomic mass is 35.5. The molecule has 0 saturated heterocycles. The van der Waals surface area contributed by atoms with Crippen LogP contribution in [-0.2, 0) is 16.1 Å². The molecule has 0 amide bonds. The lowest BCUT2D eigenvalue weighted by Crippen LogP contribution is -2.19. The third-order valence-corrected chi connectivity index (χ3v) is 6.55. The van der Waals surface area contributed by atoms with Gasteiger partial charge in [-0.15, -0.1) is 11.6 Å². The van der Waals surface area contributed by atoms with Gasteiger partial charge in [0.15, 0.2) is 0 Å². The summed E-state index contributed by atoms with van der Waals surface area (Å²) < 4.78 is 39.3. The second-order valence-corrected chi connectivity index (χ2v) is 10.5. The molecule has 1 aliphatic carbocycles. The van der Waals surface area contributed by atoms with Gasteiger partial charge in [-0.05, 0) is 42.2 Å². The summed E-state index contributed by atoms with van der Waals surface area (Å²) in [5.41, 5.74) is -0.186. The lowest BCUT2D eigenvalue weighted by Gasteiger charge is -2.20. The Balaban J connectivity index is 1.61. The molecule has 2 aromatic rings. The Hall–Kier alpha value is -2.05. The molecule has 3 unspecified atom stereocenters. The molecule has 0 heterocycles. The predicted octanol–water partition coefficient (Wildman–Crippen LogP) is 7.26. The van der Waals surface area contributed by atoms with E-state index in [0.717, 1.165) is 5.56 Å². The summed E-state index contributed by atoms with van der Waals surface area (Å²) in [7, 11) is 0. The number of thioether (sulfide) groups is 1. The van der Waals surface area contributed by atoms with E-state index in [1.807, 2.05) is 36.4 Å². The molecule has 3 rings (SSSR count). The first-order valence-corrected chi connectivity index (χ1v) is 11.2. The molecule has 0 bridgehead atoms.